The highest BCUT2D eigenvalue weighted by atomic mass is 32.2. The molecular formula is C12H20N4O4S. The first-order valence-electron chi connectivity index (χ1n) is 6.96. The minimum Gasteiger partial charge on any atom is -0.480 e. The van der Waals surface area contributed by atoms with E-state index in [1.54, 1.807) is 0 Å². The molecule has 0 aliphatic carbocycles. The van der Waals surface area contributed by atoms with Gasteiger partial charge in [0.05, 0.1) is 6.33 Å². The Labute approximate surface area is 123 Å². The molecule has 0 saturated carbocycles. The van der Waals surface area contributed by atoms with Gasteiger partial charge in [-0.25, -0.2) is 4.98 Å². The molecule has 1 saturated heterocycles. The van der Waals surface area contributed by atoms with Gasteiger partial charge in [0.15, 0.2) is 0 Å². The van der Waals surface area contributed by atoms with Crippen molar-refractivity contribution in [2.24, 2.45) is 0 Å². The molecule has 1 aliphatic rings. The topological polar surface area (TPSA) is 115 Å². The molecule has 9 heteroatoms. The van der Waals surface area contributed by atoms with Crippen molar-refractivity contribution in [1.82, 2.24) is 19.0 Å². The molecule has 21 heavy (non-hydrogen) atoms. The van der Waals surface area contributed by atoms with Gasteiger partial charge in [-0.2, -0.15) is 17.4 Å². The van der Waals surface area contributed by atoms with Crippen LogP contribution in [0.5, 0.6) is 0 Å². The summed E-state index contributed by atoms with van der Waals surface area (Å²) < 4.78 is 28.2. The third kappa shape index (κ3) is 4.51. The van der Waals surface area contributed by atoms with Crippen molar-refractivity contribution < 1.29 is 18.3 Å². The number of hydrogen-bond acceptors (Lipinski definition) is 4. The van der Waals surface area contributed by atoms with Crippen molar-refractivity contribution in [3.8, 4) is 0 Å². The fraction of sp³-hybridized carbons (Fsp3) is 0.667. The van der Waals surface area contributed by atoms with Gasteiger partial charge in [-0.1, -0.05) is 12.8 Å². The maximum absolute atomic E-state index is 12.3. The monoisotopic (exact) mass is 316 g/mol. The van der Waals surface area contributed by atoms with Crippen molar-refractivity contribution in [3.05, 3.63) is 18.2 Å². The number of carboxylic acid groups (broad SMARTS) is 1. The van der Waals surface area contributed by atoms with E-state index in [4.69, 9.17) is 0 Å². The van der Waals surface area contributed by atoms with Crippen LogP contribution in [0.1, 0.15) is 31.4 Å². The summed E-state index contributed by atoms with van der Waals surface area (Å²) in [4.78, 5) is 17.8. The molecule has 1 atom stereocenters. The molecule has 0 amide bonds. The van der Waals surface area contributed by atoms with Crippen LogP contribution in [-0.4, -0.2) is 52.9 Å². The Morgan fingerprint density at radius 1 is 1.38 bits per heavy atom. The van der Waals surface area contributed by atoms with E-state index >= 15 is 0 Å². The molecule has 2 rings (SSSR count). The first-order chi connectivity index (χ1) is 9.99. The van der Waals surface area contributed by atoms with Gasteiger partial charge in [-0.3, -0.25) is 4.79 Å². The molecule has 1 fully saturated rings. The summed E-state index contributed by atoms with van der Waals surface area (Å²) in [7, 11) is -3.79. The van der Waals surface area contributed by atoms with E-state index in [0.717, 1.165) is 25.7 Å². The number of carbonyl (C=O) groups is 1. The number of nitrogens with zero attached hydrogens (tertiary/aromatic N) is 2. The Balaban J connectivity index is 2.05. The largest absolute Gasteiger partial charge is 0.480 e. The summed E-state index contributed by atoms with van der Waals surface area (Å²) in [6.07, 6.45) is 6.56. The Bertz CT molecular complexity index is 550. The molecule has 1 aromatic heterocycles. The lowest BCUT2D eigenvalue weighted by Gasteiger charge is -2.23. The quantitative estimate of drug-likeness (QED) is 0.689. The van der Waals surface area contributed by atoms with E-state index in [1.807, 2.05) is 0 Å². The van der Waals surface area contributed by atoms with Gasteiger partial charge < -0.3 is 10.1 Å². The number of rotatable bonds is 6. The summed E-state index contributed by atoms with van der Waals surface area (Å²) in [5.41, 5.74) is 0.570. The maximum atomic E-state index is 12.3. The van der Waals surface area contributed by atoms with Gasteiger partial charge >= 0.3 is 5.97 Å². The normalized spacial score (nSPS) is 19.0. The average Bonchev–Trinajstić information content (AvgIpc) is 2.76. The van der Waals surface area contributed by atoms with E-state index in [1.165, 1.54) is 16.8 Å². The van der Waals surface area contributed by atoms with Crippen LogP contribution in [0.25, 0.3) is 0 Å². The fourth-order valence-corrected chi connectivity index (χ4v) is 3.76. The molecule has 0 unspecified atom stereocenters. The molecule has 1 aromatic rings. The van der Waals surface area contributed by atoms with Crippen LogP contribution in [0.15, 0.2) is 12.5 Å². The highest BCUT2D eigenvalue weighted by molar-refractivity contribution is 7.87. The van der Waals surface area contributed by atoms with E-state index in [0.29, 0.717) is 18.8 Å². The lowest BCUT2D eigenvalue weighted by molar-refractivity contribution is -0.139. The Hall–Kier alpha value is -1.45. The third-order valence-corrected chi connectivity index (χ3v) is 5.10. The number of aromatic amines is 1. The summed E-state index contributed by atoms with van der Waals surface area (Å²) >= 11 is 0. The lowest BCUT2D eigenvalue weighted by Crippen LogP contribution is -2.49. The smallest absolute Gasteiger partial charge is 0.322 e. The predicted octanol–water partition coefficient (Wildman–Crippen LogP) is 0.116. The van der Waals surface area contributed by atoms with Crippen LogP contribution in [-0.2, 0) is 21.4 Å². The Kier molecular flexibility index (Phi) is 5.32. The number of carboxylic acids is 1. The second kappa shape index (κ2) is 7.01. The van der Waals surface area contributed by atoms with Crippen molar-refractivity contribution in [1.29, 1.82) is 0 Å². The number of imidazole rings is 1. The van der Waals surface area contributed by atoms with E-state index in [-0.39, 0.29) is 6.42 Å². The SMILES string of the molecule is O=C(O)[C@@H](Cc1cnc[nH]1)NS(=O)(=O)N1CCCCCC1. The van der Waals surface area contributed by atoms with E-state index < -0.39 is 22.2 Å². The molecule has 0 radical (unpaired) electrons. The molecule has 0 spiro atoms. The highest BCUT2D eigenvalue weighted by Crippen LogP contribution is 2.13. The van der Waals surface area contributed by atoms with Gasteiger partial charge in [-0.05, 0) is 12.8 Å². The Morgan fingerprint density at radius 3 is 2.57 bits per heavy atom. The number of H-pyrrole nitrogens is 1. The van der Waals surface area contributed by atoms with Crippen LogP contribution < -0.4 is 4.72 Å². The van der Waals surface area contributed by atoms with Crippen LogP contribution in [0.2, 0.25) is 0 Å². The molecule has 0 bridgehead atoms. The van der Waals surface area contributed by atoms with Crippen molar-refractivity contribution in [3.63, 3.8) is 0 Å². The average molecular weight is 316 g/mol. The molecule has 3 N–H and O–H groups in total. The molecule has 1 aliphatic heterocycles. The second-order valence-electron chi connectivity index (χ2n) is 5.11. The number of aliphatic carboxylic acids is 1. The number of nitrogens with one attached hydrogen (secondary N) is 2. The second-order valence-corrected chi connectivity index (χ2v) is 6.81. The van der Waals surface area contributed by atoms with E-state index in [2.05, 4.69) is 14.7 Å². The lowest BCUT2D eigenvalue weighted by atomic mass is 10.2. The summed E-state index contributed by atoms with van der Waals surface area (Å²) in [5, 5.41) is 9.21. The minimum atomic E-state index is -3.79. The standard InChI is InChI=1S/C12H20N4O4S/c17-12(18)11(7-10-8-13-9-14-10)15-21(19,20)16-5-3-1-2-4-6-16/h8-9,11,15H,1-7H2,(H,13,14)(H,17,18)/t11-/m1/s1. The first kappa shape index (κ1) is 15.9. The molecule has 2 heterocycles. The highest BCUT2D eigenvalue weighted by Gasteiger charge is 2.29. The van der Waals surface area contributed by atoms with Crippen LogP contribution in [0.4, 0.5) is 0 Å². The predicted molar refractivity (Wildman–Crippen MR) is 75.8 cm³/mol. The van der Waals surface area contributed by atoms with Crippen molar-refractivity contribution in [2.75, 3.05) is 13.1 Å². The van der Waals surface area contributed by atoms with Gasteiger partial charge in [0.1, 0.15) is 6.04 Å². The fourth-order valence-electron chi connectivity index (χ4n) is 2.33. The van der Waals surface area contributed by atoms with Crippen LogP contribution >= 0.6 is 0 Å². The van der Waals surface area contributed by atoms with Gasteiger partial charge in [0, 0.05) is 31.4 Å². The summed E-state index contributed by atoms with van der Waals surface area (Å²) in [6, 6.07) is -1.21. The third-order valence-electron chi connectivity index (χ3n) is 3.47. The van der Waals surface area contributed by atoms with E-state index in [9.17, 15) is 18.3 Å². The van der Waals surface area contributed by atoms with Crippen LogP contribution in [0.3, 0.4) is 0 Å². The van der Waals surface area contributed by atoms with Crippen molar-refractivity contribution in [2.45, 2.75) is 38.1 Å². The molecule has 0 aromatic carbocycles. The molecular weight excluding hydrogens is 296 g/mol. The first-order valence-corrected chi connectivity index (χ1v) is 8.40. The zero-order valence-electron chi connectivity index (χ0n) is 11.7. The zero-order valence-corrected chi connectivity index (χ0v) is 12.5. The number of aromatic nitrogens is 2. The summed E-state index contributed by atoms with van der Waals surface area (Å²) in [6.45, 7) is 0.872. The Morgan fingerprint density at radius 2 is 2.05 bits per heavy atom. The maximum Gasteiger partial charge on any atom is 0.322 e. The van der Waals surface area contributed by atoms with Crippen LogP contribution in [0, 0.1) is 0 Å². The van der Waals surface area contributed by atoms with Crippen molar-refractivity contribution >= 4 is 16.2 Å². The minimum absolute atomic E-state index is 0.0302. The number of hydrogen-bond donors (Lipinski definition) is 3. The summed E-state index contributed by atoms with van der Waals surface area (Å²) in [5.74, 6) is -1.21. The molecule has 8 nitrogen and oxygen atoms in total. The van der Waals surface area contributed by atoms with Gasteiger partial charge in [-0.15, -0.1) is 0 Å². The van der Waals surface area contributed by atoms with Gasteiger partial charge in [0.25, 0.3) is 10.2 Å². The zero-order chi connectivity index (χ0) is 15.3. The van der Waals surface area contributed by atoms with Gasteiger partial charge in [0.2, 0.25) is 0 Å². The molecule has 118 valence electrons.